The van der Waals surface area contributed by atoms with Gasteiger partial charge in [0.25, 0.3) is 0 Å². The van der Waals surface area contributed by atoms with E-state index in [1.54, 1.807) is 0 Å². The van der Waals surface area contributed by atoms with Crippen molar-refractivity contribution in [3.63, 3.8) is 0 Å². The minimum absolute atomic E-state index is 0.118. The highest BCUT2D eigenvalue weighted by Gasteiger charge is 2.39. The Morgan fingerprint density at radius 2 is 2.00 bits per heavy atom. The lowest BCUT2D eigenvalue weighted by Crippen LogP contribution is -2.31. The molecule has 0 heterocycles. The maximum atomic E-state index is 12.4. The van der Waals surface area contributed by atoms with Crippen LogP contribution >= 0.6 is 11.6 Å². The molecule has 0 aliphatic carbocycles. The van der Waals surface area contributed by atoms with E-state index in [9.17, 15) is 13.2 Å². The predicted octanol–water partition coefficient (Wildman–Crippen LogP) is 3.16. The summed E-state index contributed by atoms with van der Waals surface area (Å²) in [4.78, 5) is 0. The molecule has 1 N–H and O–H groups in total. The molecule has 5 heteroatoms. The number of hydrogen-bond donors (Lipinski definition) is 1. The fourth-order valence-corrected chi connectivity index (χ4v) is 1.40. The summed E-state index contributed by atoms with van der Waals surface area (Å²) in [6.45, 7) is 0. The van der Waals surface area contributed by atoms with Crippen molar-refractivity contribution < 1.29 is 13.2 Å². The van der Waals surface area contributed by atoms with Gasteiger partial charge in [0, 0.05) is 5.02 Å². The summed E-state index contributed by atoms with van der Waals surface area (Å²) < 4.78 is 37.3. The van der Waals surface area contributed by atoms with Gasteiger partial charge in [0.2, 0.25) is 0 Å². The van der Waals surface area contributed by atoms with E-state index in [4.69, 9.17) is 11.6 Å². The molecule has 1 atom stereocenters. The predicted molar refractivity (Wildman–Crippen MR) is 49.3 cm³/mol. The van der Waals surface area contributed by atoms with Crippen LogP contribution < -0.4 is 5.32 Å². The van der Waals surface area contributed by atoms with Crippen molar-refractivity contribution in [2.75, 3.05) is 7.05 Å². The van der Waals surface area contributed by atoms with E-state index < -0.39 is 12.2 Å². The van der Waals surface area contributed by atoms with Gasteiger partial charge in [-0.15, -0.1) is 0 Å². The third-order valence-electron chi connectivity index (χ3n) is 1.80. The fourth-order valence-electron chi connectivity index (χ4n) is 1.21. The highest BCUT2D eigenvalue weighted by molar-refractivity contribution is 6.30. The first-order valence-corrected chi connectivity index (χ1v) is 4.32. The van der Waals surface area contributed by atoms with Crippen LogP contribution in [0.2, 0.25) is 5.02 Å². The van der Waals surface area contributed by atoms with Crippen molar-refractivity contribution in [3.05, 3.63) is 34.9 Å². The lowest BCUT2D eigenvalue weighted by molar-refractivity contribution is -0.156. The molecule has 0 saturated carbocycles. The lowest BCUT2D eigenvalue weighted by atomic mass is 10.1. The van der Waals surface area contributed by atoms with Gasteiger partial charge in [-0.3, -0.25) is 0 Å². The van der Waals surface area contributed by atoms with Crippen LogP contribution in [0.25, 0.3) is 0 Å². The average molecular weight is 224 g/mol. The Morgan fingerprint density at radius 1 is 1.36 bits per heavy atom. The first kappa shape index (κ1) is 11.3. The Morgan fingerprint density at radius 3 is 2.43 bits per heavy atom. The van der Waals surface area contributed by atoms with Crippen LogP contribution in [0, 0.1) is 0 Å². The average Bonchev–Trinajstić information content (AvgIpc) is 2.02. The van der Waals surface area contributed by atoms with Crippen molar-refractivity contribution in [1.29, 1.82) is 0 Å². The first-order chi connectivity index (χ1) is 6.45. The van der Waals surface area contributed by atoms with Gasteiger partial charge in [0.15, 0.2) is 0 Å². The summed E-state index contributed by atoms with van der Waals surface area (Å²) in [6, 6.07) is 4.06. The summed E-state index contributed by atoms with van der Waals surface area (Å²) >= 11 is 5.60. The normalized spacial score (nSPS) is 14.1. The van der Waals surface area contributed by atoms with Crippen LogP contribution in [-0.2, 0) is 0 Å². The molecule has 1 unspecified atom stereocenters. The second-order valence-electron chi connectivity index (χ2n) is 2.82. The van der Waals surface area contributed by atoms with Crippen LogP contribution in [0.4, 0.5) is 13.2 Å². The van der Waals surface area contributed by atoms with E-state index >= 15 is 0 Å². The summed E-state index contributed by atoms with van der Waals surface area (Å²) in [5.41, 5.74) is 0.118. The maximum Gasteiger partial charge on any atom is 0.407 e. The molecule has 1 nitrogen and oxygen atoms in total. The molecule has 0 saturated heterocycles. The Balaban J connectivity index is 3.01. The zero-order valence-electron chi connectivity index (χ0n) is 7.40. The van der Waals surface area contributed by atoms with Crippen molar-refractivity contribution in [2.45, 2.75) is 12.2 Å². The van der Waals surface area contributed by atoms with E-state index in [0.29, 0.717) is 5.02 Å². The molecule has 14 heavy (non-hydrogen) atoms. The molecular weight excluding hydrogens is 215 g/mol. The van der Waals surface area contributed by atoms with Gasteiger partial charge in [-0.05, 0) is 24.7 Å². The molecule has 78 valence electrons. The Labute approximate surface area is 84.9 Å². The van der Waals surface area contributed by atoms with Crippen LogP contribution in [-0.4, -0.2) is 13.2 Å². The van der Waals surface area contributed by atoms with Gasteiger partial charge in [-0.2, -0.15) is 13.2 Å². The fraction of sp³-hybridized carbons (Fsp3) is 0.333. The quantitative estimate of drug-likeness (QED) is 0.812. The largest absolute Gasteiger partial charge is 0.407 e. The highest BCUT2D eigenvalue weighted by Crippen LogP contribution is 2.32. The third kappa shape index (κ3) is 2.62. The zero-order valence-corrected chi connectivity index (χ0v) is 8.15. The van der Waals surface area contributed by atoms with Crippen LogP contribution in [0.1, 0.15) is 11.6 Å². The van der Waals surface area contributed by atoms with E-state index in [1.807, 2.05) is 0 Å². The molecule has 1 rings (SSSR count). The number of hydrogen-bond acceptors (Lipinski definition) is 1. The lowest BCUT2D eigenvalue weighted by Gasteiger charge is -2.19. The van der Waals surface area contributed by atoms with Gasteiger partial charge < -0.3 is 5.32 Å². The van der Waals surface area contributed by atoms with E-state index in [2.05, 4.69) is 5.32 Å². The summed E-state index contributed by atoms with van der Waals surface area (Å²) in [5.74, 6) is 0. The van der Waals surface area contributed by atoms with Crippen LogP contribution in [0.5, 0.6) is 0 Å². The standard InChI is InChI=1S/C9H9ClF3N/c1-14-8(9(11,12)13)6-3-2-4-7(10)5-6/h2-5,8,14H,1H3. The van der Waals surface area contributed by atoms with Crippen molar-refractivity contribution in [3.8, 4) is 0 Å². The first-order valence-electron chi connectivity index (χ1n) is 3.94. The number of halogens is 4. The van der Waals surface area contributed by atoms with Crippen LogP contribution in [0.3, 0.4) is 0 Å². The Bertz CT molecular complexity index is 311. The number of benzene rings is 1. The van der Waals surface area contributed by atoms with Gasteiger partial charge >= 0.3 is 6.18 Å². The molecule has 1 aromatic rings. The smallest absolute Gasteiger partial charge is 0.306 e. The zero-order chi connectivity index (χ0) is 10.8. The second-order valence-corrected chi connectivity index (χ2v) is 3.25. The number of alkyl halides is 3. The maximum absolute atomic E-state index is 12.4. The Hall–Kier alpha value is -0.740. The minimum Gasteiger partial charge on any atom is -0.306 e. The summed E-state index contributed by atoms with van der Waals surface area (Å²) in [6.07, 6.45) is -4.31. The minimum atomic E-state index is -4.31. The molecule has 1 aromatic carbocycles. The Kier molecular flexibility index (Phi) is 3.39. The number of rotatable bonds is 2. The monoisotopic (exact) mass is 223 g/mol. The molecule has 0 aliphatic rings. The highest BCUT2D eigenvalue weighted by atomic mass is 35.5. The van der Waals surface area contributed by atoms with Crippen molar-refractivity contribution in [1.82, 2.24) is 5.32 Å². The van der Waals surface area contributed by atoms with Gasteiger partial charge in [0.1, 0.15) is 6.04 Å². The van der Waals surface area contributed by atoms with Gasteiger partial charge in [-0.1, -0.05) is 23.7 Å². The van der Waals surface area contributed by atoms with Gasteiger partial charge in [0.05, 0.1) is 0 Å². The van der Waals surface area contributed by atoms with E-state index in [0.717, 1.165) is 0 Å². The van der Waals surface area contributed by atoms with E-state index in [-0.39, 0.29) is 5.56 Å². The molecule has 0 amide bonds. The third-order valence-corrected chi connectivity index (χ3v) is 2.03. The molecule has 0 bridgehead atoms. The van der Waals surface area contributed by atoms with E-state index in [1.165, 1.54) is 31.3 Å². The topological polar surface area (TPSA) is 12.0 Å². The molecule has 0 fully saturated rings. The summed E-state index contributed by atoms with van der Waals surface area (Å²) in [5, 5.41) is 2.50. The molecule has 0 spiro atoms. The SMILES string of the molecule is CNC(c1cccc(Cl)c1)C(F)(F)F. The molecular formula is C9H9ClF3N. The summed E-state index contributed by atoms with van der Waals surface area (Å²) in [7, 11) is 1.26. The van der Waals surface area contributed by atoms with Crippen molar-refractivity contribution >= 4 is 11.6 Å². The van der Waals surface area contributed by atoms with Crippen LogP contribution in [0.15, 0.2) is 24.3 Å². The van der Waals surface area contributed by atoms with Crippen molar-refractivity contribution in [2.24, 2.45) is 0 Å². The molecule has 0 radical (unpaired) electrons. The molecule has 0 aromatic heterocycles. The second kappa shape index (κ2) is 4.19. The molecule has 0 aliphatic heterocycles. The van der Waals surface area contributed by atoms with Gasteiger partial charge in [-0.25, -0.2) is 0 Å². The number of nitrogens with one attached hydrogen (secondary N) is 1.